The number of hydrogen-bond donors (Lipinski definition) is 2. The maximum absolute atomic E-state index is 11.5. The van der Waals surface area contributed by atoms with Gasteiger partial charge in [-0.25, -0.2) is 0 Å². The van der Waals surface area contributed by atoms with Gasteiger partial charge in [0, 0.05) is 50.8 Å². The first-order valence-electron chi connectivity index (χ1n) is 11.1. The van der Waals surface area contributed by atoms with Gasteiger partial charge in [-0.3, -0.25) is 14.7 Å². The molecule has 31 heavy (non-hydrogen) atoms. The van der Waals surface area contributed by atoms with Crippen molar-refractivity contribution in [3.05, 3.63) is 35.4 Å². The summed E-state index contributed by atoms with van der Waals surface area (Å²) in [6.07, 6.45) is 1.96. The molecule has 3 N–H and O–H groups in total. The number of amides is 1. The van der Waals surface area contributed by atoms with Crippen LogP contribution in [0.1, 0.15) is 37.8 Å². The third-order valence-corrected chi connectivity index (χ3v) is 7.64. The van der Waals surface area contributed by atoms with Crippen molar-refractivity contribution in [1.82, 2.24) is 15.1 Å². The van der Waals surface area contributed by atoms with Gasteiger partial charge in [0.15, 0.2) is 5.96 Å². The average molecular weight is 560 g/mol. The highest BCUT2D eigenvalue weighted by Gasteiger charge is 2.25. The number of nitrogens with two attached hydrogens (primary N) is 1. The zero-order chi connectivity index (χ0) is 21.5. The number of primary amides is 1. The van der Waals surface area contributed by atoms with Gasteiger partial charge in [-0.1, -0.05) is 38.1 Å². The zero-order valence-corrected chi connectivity index (χ0v) is 22.2. The third kappa shape index (κ3) is 7.82. The predicted molar refractivity (Wildman–Crippen MR) is 142 cm³/mol. The summed E-state index contributed by atoms with van der Waals surface area (Å²) in [5, 5.41) is 4.22. The van der Waals surface area contributed by atoms with Crippen LogP contribution in [0.4, 0.5) is 0 Å². The molecule has 2 fully saturated rings. The quantitative estimate of drug-likeness (QED) is 0.319. The fraction of sp³-hybridized carbons (Fsp3) is 0.652. The first-order valence-corrected chi connectivity index (χ1v) is 12.2. The van der Waals surface area contributed by atoms with Gasteiger partial charge in [0.2, 0.25) is 5.91 Å². The summed E-state index contributed by atoms with van der Waals surface area (Å²) in [6.45, 7) is 10.1. The Hall–Kier alpha value is -1.00. The van der Waals surface area contributed by atoms with Gasteiger partial charge in [-0.15, -0.1) is 24.0 Å². The van der Waals surface area contributed by atoms with E-state index in [1.807, 2.05) is 7.05 Å². The molecule has 2 unspecified atom stereocenters. The highest BCUT2D eigenvalue weighted by atomic mass is 127. The Kier molecular flexibility index (Phi) is 10.9. The van der Waals surface area contributed by atoms with Gasteiger partial charge in [0.25, 0.3) is 0 Å². The van der Waals surface area contributed by atoms with Crippen LogP contribution >= 0.6 is 35.7 Å². The van der Waals surface area contributed by atoms with Gasteiger partial charge < -0.3 is 16.0 Å². The van der Waals surface area contributed by atoms with Crippen molar-refractivity contribution < 1.29 is 4.79 Å². The van der Waals surface area contributed by atoms with E-state index in [0.29, 0.717) is 11.2 Å². The van der Waals surface area contributed by atoms with E-state index in [-0.39, 0.29) is 35.8 Å². The van der Waals surface area contributed by atoms with Gasteiger partial charge in [0.05, 0.1) is 5.92 Å². The number of rotatable bonds is 6. The van der Waals surface area contributed by atoms with Crippen molar-refractivity contribution in [3.8, 4) is 0 Å². The van der Waals surface area contributed by atoms with Crippen molar-refractivity contribution in [3.63, 3.8) is 0 Å². The van der Waals surface area contributed by atoms with Crippen LogP contribution in [0.2, 0.25) is 0 Å². The minimum Gasteiger partial charge on any atom is -0.369 e. The summed E-state index contributed by atoms with van der Waals surface area (Å²) in [7, 11) is 1.87. The molecular formula is C23H38IN5OS. The SMILES string of the molecule is CN=C(NCc1cccc(CN2CCCC(C(N)=O)C2)c1)N1CCSC(C(C)C)C1.I. The molecule has 2 aliphatic rings. The number of benzene rings is 1. The van der Waals surface area contributed by atoms with Gasteiger partial charge in [-0.05, 0) is 36.4 Å². The van der Waals surface area contributed by atoms with Crippen LogP contribution in [0.5, 0.6) is 0 Å². The van der Waals surface area contributed by atoms with Crippen LogP contribution in [0.15, 0.2) is 29.3 Å². The average Bonchev–Trinajstić information content (AvgIpc) is 2.75. The molecule has 2 heterocycles. The molecule has 0 saturated carbocycles. The van der Waals surface area contributed by atoms with Crippen molar-refractivity contribution in [2.75, 3.05) is 39.0 Å². The standard InChI is InChI=1S/C23H37N5OS.HI/c1-17(2)21-16-28(10-11-30-21)23(25-3)26-13-18-6-4-7-19(12-18)14-27-9-5-8-20(15-27)22(24)29;/h4,6-7,12,17,20-21H,5,8-11,13-16H2,1-3H3,(H2,24,29)(H,25,26);1H. The van der Waals surface area contributed by atoms with Crippen LogP contribution in [0, 0.1) is 11.8 Å². The normalized spacial score (nSPS) is 22.8. The van der Waals surface area contributed by atoms with E-state index in [1.165, 1.54) is 11.1 Å². The van der Waals surface area contributed by atoms with E-state index in [2.05, 4.69) is 70.0 Å². The number of carbonyl (C=O) groups is 1. The molecule has 8 heteroatoms. The maximum atomic E-state index is 11.5. The molecule has 3 rings (SSSR count). The van der Waals surface area contributed by atoms with Gasteiger partial charge >= 0.3 is 0 Å². The molecule has 0 spiro atoms. The Morgan fingerprint density at radius 2 is 2.06 bits per heavy atom. The predicted octanol–water partition coefficient (Wildman–Crippen LogP) is 3.15. The van der Waals surface area contributed by atoms with E-state index in [9.17, 15) is 4.79 Å². The van der Waals surface area contributed by atoms with Crippen molar-refractivity contribution >= 4 is 47.6 Å². The Labute approximate surface area is 208 Å². The van der Waals surface area contributed by atoms with Crippen molar-refractivity contribution in [1.29, 1.82) is 0 Å². The molecule has 0 bridgehead atoms. The summed E-state index contributed by atoms with van der Waals surface area (Å²) >= 11 is 2.08. The summed E-state index contributed by atoms with van der Waals surface area (Å²) in [5.41, 5.74) is 8.06. The number of guanidine groups is 1. The lowest BCUT2D eigenvalue weighted by atomic mass is 9.97. The molecule has 174 valence electrons. The lowest BCUT2D eigenvalue weighted by molar-refractivity contribution is -0.123. The van der Waals surface area contributed by atoms with Crippen LogP contribution in [0.3, 0.4) is 0 Å². The third-order valence-electron chi connectivity index (χ3n) is 6.10. The Bertz CT molecular complexity index is 744. The Balaban J connectivity index is 0.00000341. The van der Waals surface area contributed by atoms with Crippen LogP contribution in [-0.2, 0) is 17.9 Å². The van der Waals surface area contributed by atoms with E-state index < -0.39 is 0 Å². The lowest BCUT2D eigenvalue weighted by Crippen LogP contribution is -2.48. The van der Waals surface area contributed by atoms with Crippen LogP contribution in [0.25, 0.3) is 0 Å². The van der Waals surface area contributed by atoms with Crippen molar-refractivity contribution in [2.45, 2.75) is 45.0 Å². The second kappa shape index (κ2) is 12.9. The number of hydrogen-bond acceptors (Lipinski definition) is 4. The molecule has 6 nitrogen and oxygen atoms in total. The Morgan fingerprint density at radius 3 is 2.77 bits per heavy atom. The largest absolute Gasteiger partial charge is 0.369 e. The molecule has 1 amide bonds. The molecular weight excluding hydrogens is 521 g/mol. The molecule has 0 radical (unpaired) electrons. The summed E-state index contributed by atoms with van der Waals surface area (Å²) in [6, 6.07) is 8.71. The minimum atomic E-state index is -0.167. The summed E-state index contributed by atoms with van der Waals surface area (Å²) in [4.78, 5) is 20.8. The fourth-order valence-electron chi connectivity index (χ4n) is 4.31. The van der Waals surface area contributed by atoms with Crippen LogP contribution in [-0.4, -0.2) is 65.9 Å². The maximum Gasteiger partial charge on any atom is 0.221 e. The molecule has 2 aliphatic heterocycles. The van der Waals surface area contributed by atoms with E-state index >= 15 is 0 Å². The number of nitrogens with one attached hydrogen (secondary N) is 1. The molecule has 1 aromatic carbocycles. The van der Waals surface area contributed by atoms with E-state index in [1.54, 1.807) is 0 Å². The van der Waals surface area contributed by atoms with Crippen LogP contribution < -0.4 is 11.1 Å². The molecule has 2 atom stereocenters. The number of likely N-dealkylation sites (tertiary alicyclic amines) is 1. The fourth-order valence-corrected chi connectivity index (χ4v) is 5.61. The number of halogens is 1. The molecule has 0 aliphatic carbocycles. The molecule has 2 saturated heterocycles. The van der Waals surface area contributed by atoms with Gasteiger partial charge in [-0.2, -0.15) is 11.8 Å². The highest BCUT2D eigenvalue weighted by Crippen LogP contribution is 2.25. The number of piperidine rings is 1. The number of thioether (sulfide) groups is 1. The summed E-state index contributed by atoms with van der Waals surface area (Å²) < 4.78 is 0. The first-order chi connectivity index (χ1) is 14.5. The minimum absolute atomic E-state index is 0. The van der Waals surface area contributed by atoms with E-state index in [0.717, 1.165) is 63.8 Å². The number of carbonyl (C=O) groups excluding carboxylic acids is 1. The van der Waals surface area contributed by atoms with Crippen molar-refractivity contribution in [2.24, 2.45) is 22.6 Å². The second-order valence-electron chi connectivity index (χ2n) is 8.80. The first kappa shape index (κ1) is 26.3. The summed E-state index contributed by atoms with van der Waals surface area (Å²) in [5.74, 6) is 2.65. The molecule has 1 aromatic rings. The number of aliphatic imine (C=N–C) groups is 1. The van der Waals surface area contributed by atoms with E-state index in [4.69, 9.17) is 5.73 Å². The number of nitrogens with zero attached hydrogens (tertiary/aromatic N) is 3. The lowest BCUT2D eigenvalue weighted by Gasteiger charge is -2.36. The molecule has 0 aromatic heterocycles. The zero-order valence-electron chi connectivity index (χ0n) is 19.0. The monoisotopic (exact) mass is 559 g/mol. The van der Waals surface area contributed by atoms with Gasteiger partial charge in [0.1, 0.15) is 0 Å². The topological polar surface area (TPSA) is 74.0 Å². The smallest absolute Gasteiger partial charge is 0.221 e. The highest BCUT2D eigenvalue weighted by molar-refractivity contribution is 14.0. The second-order valence-corrected chi connectivity index (χ2v) is 10.1. The Morgan fingerprint density at radius 1 is 1.29 bits per heavy atom.